The SMILES string of the molecule is CC(C)C[C@H](N)C(=O)N[C@@H](CCCCN)C(=O)N(C)C(=O)OCc1ccccc1. The van der Waals surface area contributed by atoms with Crippen LogP contribution in [0.2, 0.25) is 0 Å². The third-order valence-electron chi connectivity index (χ3n) is 4.43. The molecule has 0 aliphatic carbocycles. The second-order valence-corrected chi connectivity index (χ2v) is 7.52. The molecule has 5 N–H and O–H groups in total. The first-order valence-corrected chi connectivity index (χ1v) is 10.0. The van der Waals surface area contributed by atoms with Crippen molar-refractivity contribution in [2.75, 3.05) is 13.6 Å². The maximum atomic E-state index is 12.8. The van der Waals surface area contributed by atoms with Gasteiger partial charge in [-0.1, -0.05) is 44.2 Å². The summed E-state index contributed by atoms with van der Waals surface area (Å²) >= 11 is 0. The molecule has 162 valence electrons. The summed E-state index contributed by atoms with van der Waals surface area (Å²) in [6.07, 6.45) is 1.44. The summed E-state index contributed by atoms with van der Waals surface area (Å²) in [6.45, 7) is 4.47. The van der Waals surface area contributed by atoms with Crippen LogP contribution in [0.5, 0.6) is 0 Å². The standard InChI is InChI=1S/C21H34N4O4/c1-15(2)13-17(23)19(26)24-18(11-7-8-12-22)20(27)25(3)21(28)29-14-16-9-5-4-6-10-16/h4-6,9-10,15,17-18H,7-8,11-14,22-23H2,1-3H3,(H,24,26)/t17-,18-/m0/s1. The molecule has 1 aromatic carbocycles. The molecule has 2 atom stereocenters. The van der Waals surface area contributed by atoms with Gasteiger partial charge in [-0.3, -0.25) is 9.59 Å². The molecule has 0 aromatic heterocycles. The summed E-state index contributed by atoms with van der Waals surface area (Å²) in [6, 6.07) is 7.60. The monoisotopic (exact) mass is 406 g/mol. The molecule has 29 heavy (non-hydrogen) atoms. The van der Waals surface area contributed by atoms with Gasteiger partial charge in [0.1, 0.15) is 12.6 Å². The molecular weight excluding hydrogens is 372 g/mol. The van der Waals surface area contributed by atoms with Gasteiger partial charge in [0.25, 0.3) is 5.91 Å². The number of likely N-dealkylation sites (N-methyl/N-ethyl adjacent to an activating group) is 1. The van der Waals surface area contributed by atoms with Crippen molar-refractivity contribution in [2.24, 2.45) is 17.4 Å². The van der Waals surface area contributed by atoms with Gasteiger partial charge in [0.2, 0.25) is 5.91 Å². The normalized spacial score (nSPS) is 12.9. The summed E-state index contributed by atoms with van der Waals surface area (Å²) < 4.78 is 5.20. The average Bonchev–Trinajstić information content (AvgIpc) is 2.70. The van der Waals surface area contributed by atoms with Crippen LogP contribution in [0.25, 0.3) is 0 Å². The zero-order chi connectivity index (χ0) is 21.8. The summed E-state index contributed by atoms with van der Waals surface area (Å²) in [5, 5.41) is 2.69. The first-order chi connectivity index (χ1) is 13.8. The highest BCUT2D eigenvalue weighted by Gasteiger charge is 2.29. The van der Waals surface area contributed by atoms with Crippen LogP contribution in [0.1, 0.15) is 45.1 Å². The number of hydrogen-bond acceptors (Lipinski definition) is 6. The van der Waals surface area contributed by atoms with Crippen LogP contribution >= 0.6 is 0 Å². The Morgan fingerprint density at radius 2 is 1.79 bits per heavy atom. The van der Waals surface area contributed by atoms with Crippen molar-refractivity contribution >= 4 is 17.9 Å². The lowest BCUT2D eigenvalue weighted by molar-refractivity contribution is -0.135. The van der Waals surface area contributed by atoms with Crippen LogP contribution in [0, 0.1) is 5.92 Å². The third-order valence-corrected chi connectivity index (χ3v) is 4.43. The van der Waals surface area contributed by atoms with Gasteiger partial charge in [-0.15, -0.1) is 0 Å². The van der Waals surface area contributed by atoms with E-state index < -0.39 is 30.0 Å². The summed E-state index contributed by atoms with van der Waals surface area (Å²) in [5.41, 5.74) is 12.3. The lowest BCUT2D eigenvalue weighted by Gasteiger charge is -2.24. The Balaban J connectivity index is 2.72. The van der Waals surface area contributed by atoms with Gasteiger partial charge >= 0.3 is 6.09 Å². The van der Waals surface area contributed by atoms with Crippen LogP contribution in [-0.4, -0.2) is 48.5 Å². The van der Waals surface area contributed by atoms with E-state index in [0.29, 0.717) is 32.2 Å². The van der Waals surface area contributed by atoms with E-state index in [2.05, 4.69) is 5.32 Å². The third kappa shape index (κ3) is 9.06. The molecule has 0 radical (unpaired) electrons. The van der Waals surface area contributed by atoms with E-state index in [1.54, 1.807) is 0 Å². The molecule has 1 rings (SSSR count). The number of unbranched alkanes of at least 4 members (excludes halogenated alkanes) is 1. The molecule has 8 heteroatoms. The number of imide groups is 1. The summed E-state index contributed by atoms with van der Waals surface area (Å²) in [7, 11) is 1.34. The van der Waals surface area contributed by atoms with E-state index in [0.717, 1.165) is 10.5 Å². The van der Waals surface area contributed by atoms with Crippen LogP contribution in [0.4, 0.5) is 4.79 Å². The molecular formula is C21H34N4O4. The molecule has 0 saturated heterocycles. The topological polar surface area (TPSA) is 128 Å². The summed E-state index contributed by atoms with van der Waals surface area (Å²) in [5.74, 6) is -0.696. The Morgan fingerprint density at radius 3 is 2.38 bits per heavy atom. The number of nitrogens with one attached hydrogen (secondary N) is 1. The molecule has 0 bridgehead atoms. The number of rotatable bonds is 11. The van der Waals surface area contributed by atoms with Crippen molar-refractivity contribution in [3.05, 3.63) is 35.9 Å². The van der Waals surface area contributed by atoms with Crippen molar-refractivity contribution in [3.8, 4) is 0 Å². The van der Waals surface area contributed by atoms with Gasteiger partial charge in [0, 0.05) is 7.05 Å². The molecule has 0 fully saturated rings. The van der Waals surface area contributed by atoms with Crippen LogP contribution < -0.4 is 16.8 Å². The van der Waals surface area contributed by atoms with E-state index in [9.17, 15) is 14.4 Å². The number of hydrogen-bond donors (Lipinski definition) is 3. The first-order valence-electron chi connectivity index (χ1n) is 10.0. The smallest absolute Gasteiger partial charge is 0.416 e. The Kier molecular flexibility index (Phi) is 10.9. The van der Waals surface area contributed by atoms with Gasteiger partial charge < -0.3 is 21.5 Å². The number of nitrogens with two attached hydrogens (primary N) is 2. The summed E-state index contributed by atoms with van der Waals surface area (Å²) in [4.78, 5) is 38.4. The highest BCUT2D eigenvalue weighted by atomic mass is 16.6. The second kappa shape index (κ2) is 12.9. The van der Waals surface area contributed by atoms with Gasteiger partial charge in [-0.05, 0) is 43.7 Å². The highest BCUT2D eigenvalue weighted by molar-refractivity contribution is 5.97. The van der Waals surface area contributed by atoms with E-state index in [1.807, 2.05) is 44.2 Å². The number of nitrogens with zero attached hydrogens (tertiary/aromatic N) is 1. The van der Waals surface area contributed by atoms with Gasteiger partial charge in [0.05, 0.1) is 6.04 Å². The molecule has 0 spiro atoms. The number of ether oxygens (including phenoxy) is 1. The fraction of sp³-hybridized carbons (Fsp3) is 0.571. The molecule has 0 unspecified atom stereocenters. The number of amides is 3. The molecule has 1 aromatic rings. The minimum atomic E-state index is -0.860. The van der Waals surface area contributed by atoms with Crippen LogP contribution in [-0.2, 0) is 20.9 Å². The lowest BCUT2D eigenvalue weighted by Crippen LogP contribution is -2.53. The van der Waals surface area contributed by atoms with Crippen molar-refractivity contribution in [1.82, 2.24) is 10.2 Å². The van der Waals surface area contributed by atoms with Crippen molar-refractivity contribution in [2.45, 2.75) is 58.2 Å². The van der Waals surface area contributed by atoms with Crippen molar-refractivity contribution in [3.63, 3.8) is 0 Å². The maximum Gasteiger partial charge on any atom is 0.416 e. The Bertz CT molecular complexity index is 651. The number of carbonyl (C=O) groups excluding carboxylic acids is 3. The lowest BCUT2D eigenvalue weighted by atomic mass is 10.0. The molecule has 0 heterocycles. The van der Waals surface area contributed by atoms with Crippen LogP contribution in [0.15, 0.2) is 30.3 Å². The highest BCUT2D eigenvalue weighted by Crippen LogP contribution is 2.09. The van der Waals surface area contributed by atoms with E-state index >= 15 is 0 Å². The zero-order valence-electron chi connectivity index (χ0n) is 17.6. The second-order valence-electron chi connectivity index (χ2n) is 7.52. The Morgan fingerprint density at radius 1 is 1.14 bits per heavy atom. The number of carbonyl (C=O) groups is 3. The predicted octanol–water partition coefficient (Wildman–Crippen LogP) is 1.77. The van der Waals surface area contributed by atoms with Gasteiger partial charge in [0.15, 0.2) is 0 Å². The Hall–Kier alpha value is -2.45. The maximum absolute atomic E-state index is 12.8. The molecule has 8 nitrogen and oxygen atoms in total. The van der Waals surface area contributed by atoms with E-state index in [4.69, 9.17) is 16.2 Å². The zero-order valence-corrected chi connectivity index (χ0v) is 17.6. The van der Waals surface area contributed by atoms with Gasteiger partial charge in [-0.2, -0.15) is 0 Å². The average molecular weight is 407 g/mol. The quantitative estimate of drug-likeness (QED) is 0.481. The largest absolute Gasteiger partial charge is 0.444 e. The fourth-order valence-electron chi connectivity index (χ4n) is 2.78. The fourth-order valence-corrected chi connectivity index (χ4v) is 2.78. The van der Waals surface area contributed by atoms with Gasteiger partial charge in [-0.25, -0.2) is 9.69 Å². The molecule has 0 aliphatic heterocycles. The van der Waals surface area contributed by atoms with E-state index in [1.165, 1.54) is 7.05 Å². The Labute approximate surface area is 172 Å². The van der Waals surface area contributed by atoms with Crippen molar-refractivity contribution in [1.29, 1.82) is 0 Å². The van der Waals surface area contributed by atoms with Crippen LogP contribution in [0.3, 0.4) is 0 Å². The number of benzene rings is 1. The first kappa shape index (κ1) is 24.6. The minimum Gasteiger partial charge on any atom is -0.444 e. The molecule has 0 aliphatic rings. The van der Waals surface area contributed by atoms with Crippen molar-refractivity contribution < 1.29 is 19.1 Å². The minimum absolute atomic E-state index is 0.0563. The molecule has 0 saturated carbocycles. The van der Waals surface area contributed by atoms with E-state index in [-0.39, 0.29) is 12.5 Å². The predicted molar refractivity (Wildman–Crippen MR) is 112 cm³/mol. The molecule has 3 amide bonds.